The number of nitrogens with two attached hydrogens (primary N) is 1. The minimum atomic E-state index is -4.38. The van der Waals surface area contributed by atoms with Crippen LogP contribution in [0.5, 0.6) is 0 Å². The lowest BCUT2D eigenvalue weighted by Crippen LogP contribution is -2.17. The molecule has 0 aliphatic carbocycles. The summed E-state index contributed by atoms with van der Waals surface area (Å²) < 4.78 is 59.3. The van der Waals surface area contributed by atoms with E-state index in [2.05, 4.69) is 10.1 Å². The molecule has 0 saturated heterocycles. The summed E-state index contributed by atoms with van der Waals surface area (Å²) in [5.74, 6) is -1.60. The average Bonchev–Trinajstić information content (AvgIpc) is 2.00. The Morgan fingerprint density at radius 3 is 2.40 bits per heavy atom. The van der Waals surface area contributed by atoms with Gasteiger partial charge in [0.25, 0.3) is 6.43 Å². The van der Waals surface area contributed by atoms with E-state index in [1.165, 1.54) is 22.6 Å². The van der Waals surface area contributed by atoms with Crippen LogP contribution in [0.3, 0.4) is 0 Å². The van der Waals surface area contributed by atoms with E-state index in [-0.39, 0.29) is 3.57 Å². The van der Waals surface area contributed by atoms with E-state index in [1.54, 1.807) is 0 Å². The van der Waals surface area contributed by atoms with Crippen LogP contribution in [-0.2, 0) is 10.0 Å². The van der Waals surface area contributed by atoms with Crippen LogP contribution in [0.4, 0.5) is 13.2 Å². The first-order valence-corrected chi connectivity index (χ1v) is 6.02. The fourth-order valence-corrected chi connectivity index (χ4v) is 2.85. The molecule has 0 radical (unpaired) electrons. The lowest BCUT2D eigenvalue weighted by atomic mass is 10.3. The van der Waals surface area contributed by atoms with E-state index in [4.69, 9.17) is 0 Å². The number of primary sulfonamides is 1. The fourth-order valence-electron chi connectivity index (χ4n) is 0.876. The first kappa shape index (κ1) is 12.6. The smallest absolute Gasteiger partial charge is 0.251 e. The van der Waals surface area contributed by atoms with Crippen molar-refractivity contribution in [1.29, 1.82) is 0 Å². The van der Waals surface area contributed by atoms with Gasteiger partial charge in [-0.2, -0.15) is 0 Å². The highest BCUT2D eigenvalue weighted by Crippen LogP contribution is 2.27. The molecule has 4 nitrogen and oxygen atoms in total. The van der Waals surface area contributed by atoms with Gasteiger partial charge < -0.3 is 0 Å². The molecule has 0 aliphatic rings. The first-order valence-electron chi connectivity index (χ1n) is 3.40. The molecule has 1 heterocycles. The zero-order valence-corrected chi connectivity index (χ0v) is 9.89. The number of aromatic nitrogens is 1. The number of halogens is 4. The number of sulfonamides is 1. The van der Waals surface area contributed by atoms with E-state index in [9.17, 15) is 21.6 Å². The molecule has 9 heteroatoms. The van der Waals surface area contributed by atoms with Crippen molar-refractivity contribution in [1.82, 2.24) is 4.98 Å². The van der Waals surface area contributed by atoms with Crippen LogP contribution >= 0.6 is 22.6 Å². The number of nitrogens with zero attached hydrogens (tertiary/aromatic N) is 1. The van der Waals surface area contributed by atoms with Crippen LogP contribution in [0.15, 0.2) is 11.1 Å². The second-order valence-electron chi connectivity index (χ2n) is 2.48. The van der Waals surface area contributed by atoms with Gasteiger partial charge in [-0.25, -0.2) is 26.7 Å². The number of rotatable bonds is 2. The van der Waals surface area contributed by atoms with Gasteiger partial charge in [-0.05, 0) is 22.6 Å². The van der Waals surface area contributed by atoms with Crippen molar-refractivity contribution in [2.45, 2.75) is 11.3 Å². The van der Waals surface area contributed by atoms with Crippen LogP contribution in [0.2, 0.25) is 0 Å². The van der Waals surface area contributed by atoms with Gasteiger partial charge in [0.15, 0.2) is 5.82 Å². The van der Waals surface area contributed by atoms with Crippen LogP contribution in [-0.4, -0.2) is 13.4 Å². The summed E-state index contributed by atoms with van der Waals surface area (Å²) in [6.45, 7) is 0. The highest BCUT2D eigenvalue weighted by molar-refractivity contribution is 14.1. The van der Waals surface area contributed by atoms with Crippen LogP contribution in [0.1, 0.15) is 12.1 Å². The van der Waals surface area contributed by atoms with Crippen molar-refractivity contribution in [2.75, 3.05) is 0 Å². The molecule has 0 aromatic carbocycles. The van der Waals surface area contributed by atoms with E-state index in [1.807, 2.05) is 0 Å². The minimum Gasteiger partial charge on any atom is -0.251 e. The summed E-state index contributed by atoms with van der Waals surface area (Å²) in [6.07, 6.45) is -2.37. The van der Waals surface area contributed by atoms with Crippen LogP contribution < -0.4 is 5.14 Å². The third-order valence-corrected chi connectivity index (χ3v) is 3.60. The molecule has 2 N–H and O–H groups in total. The molecule has 1 aromatic heterocycles. The highest BCUT2D eigenvalue weighted by atomic mass is 127. The predicted octanol–water partition coefficient (Wildman–Crippen LogP) is 1.41. The summed E-state index contributed by atoms with van der Waals surface area (Å²) in [5.41, 5.74) is -1.22. The lowest BCUT2D eigenvalue weighted by molar-refractivity contribution is 0.139. The van der Waals surface area contributed by atoms with Crippen molar-refractivity contribution >= 4 is 32.6 Å². The Labute approximate surface area is 96.9 Å². The van der Waals surface area contributed by atoms with E-state index in [0.717, 1.165) is 6.20 Å². The quantitative estimate of drug-likeness (QED) is 0.818. The zero-order valence-electron chi connectivity index (χ0n) is 6.92. The first-order chi connectivity index (χ1) is 6.75. The molecule has 15 heavy (non-hydrogen) atoms. The number of hydrogen-bond acceptors (Lipinski definition) is 3. The summed E-state index contributed by atoms with van der Waals surface area (Å²) in [7, 11) is -4.38. The van der Waals surface area contributed by atoms with Gasteiger partial charge in [0.1, 0.15) is 10.6 Å². The van der Waals surface area contributed by atoms with E-state index in [0.29, 0.717) is 0 Å². The Kier molecular flexibility index (Phi) is 3.55. The number of alkyl halides is 2. The summed E-state index contributed by atoms with van der Waals surface area (Å²) in [4.78, 5) is 2.15. The standard InChI is InChI=1S/C6H4F3IN2O2S/c7-3-4(6(8)9)12-1-2(10)5(3)15(11,13)14/h1,6H,(H2,11,13,14). The molecule has 1 aromatic rings. The van der Waals surface area contributed by atoms with Gasteiger partial charge in [0, 0.05) is 6.20 Å². The molecule has 0 spiro atoms. The molecular formula is C6H4F3IN2O2S. The molecule has 0 aliphatic heterocycles. The highest BCUT2D eigenvalue weighted by Gasteiger charge is 2.26. The Morgan fingerprint density at radius 2 is 2.00 bits per heavy atom. The third kappa shape index (κ3) is 2.58. The second kappa shape index (κ2) is 4.22. The molecular weight excluding hydrogens is 348 g/mol. The SMILES string of the molecule is NS(=O)(=O)c1c(I)cnc(C(F)F)c1F. The average molecular weight is 352 g/mol. The molecule has 0 atom stereocenters. The summed E-state index contributed by atoms with van der Waals surface area (Å²) >= 11 is 1.44. The molecule has 0 amide bonds. The maximum atomic E-state index is 13.3. The number of pyridine rings is 1. The molecule has 0 fully saturated rings. The molecule has 1 rings (SSSR count). The molecule has 0 bridgehead atoms. The van der Waals surface area contributed by atoms with Crippen molar-refractivity contribution in [3.05, 3.63) is 21.3 Å². The van der Waals surface area contributed by atoms with Crippen molar-refractivity contribution in [3.8, 4) is 0 Å². The molecule has 0 saturated carbocycles. The van der Waals surface area contributed by atoms with Gasteiger partial charge in [-0.3, -0.25) is 4.98 Å². The van der Waals surface area contributed by atoms with Crippen molar-refractivity contribution < 1.29 is 21.6 Å². The van der Waals surface area contributed by atoms with Gasteiger partial charge in [-0.15, -0.1) is 0 Å². The number of hydrogen-bond donors (Lipinski definition) is 1. The topological polar surface area (TPSA) is 73.1 Å². The molecule has 0 unspecified atom stereocenters. The minimum absolute atomic E-state index is 0.142. The monoisotopic (exact) mass is 352 g/mol. The van der Waals surface area contributed by atoms with Gasteiger partial charge in [-0.1, -0.05) is 0 Å². The Balaban J connectivity index is 3.59. The summed E-state index contributed by atoms with van der Waals surface area (Å²) in [5, 5.41) is 4.68. The predicted molar refractivity (Wildman–Crippen MR) is 53.2 cm³/mol. The van der Waals surface area contributed by atoms with Crippen molar-refractivity contribution in [3.63, 3.8) is 0 Å². The van der Waals surface area contributed by atoms with E-state index >= 15 is 0 Å². The Hall–Kier alpha value is -0.420. The second-order valence-corrected chi connectivity index (χ2v) is 5.14. The van der Waals surface area contributed by atoms with Gasteiger partial charge in [0.05, 0.1) is 3.57 Å². The van der Waals surface area contributed by atoms with E-state index < -0.39 is 32.9 Å². The van der Waals surface area contributed by atoms with Gasteiger partial charge >= 0.3 is 0 Å². The molecule has 84 valence electrons. The van der Waals surface area contributed by atoms with Crippen LogP contribution in [0.25, 0.3) is 0 Å². The largest absolute Gasteiger partial charge is 0.283 e. The maximum Gasteiger partial charge on any atom is 0.283 e. The third-order valence-electron chi connectivity index (χ3n) is 1.45. The van der Waals surface area contributed by atoms with Gasteiger partial charge in [0.2, 0.25) is 10.0 Å². The zero-order chi connectivity index (χ0) is 11.8. The Bertz CT molecular complexity index is 491. The maximum absolute atomic E-state index is 13.3. The summed E-state index contributed by atoms with van der Waals surface area (Å²) in [6, 6.07) is 0. The fraction of sp³-hybridized carbons (Fsp3) is 0.167. The van der Waals surface area contributed by atoms with Crippen LogP contribution in [0, 0.1) is 9.39 Å². The Morgan fingerprint density at radius 1 is 1.47 bits per heavy atom. The van der Waals surface area contributed by atoms with Crippen molar-refractivity contribution in [2.24, 2.45) is 5.14 Å². The normalized spacial score (nSPS) is 12.1. The lowest BCUT2D eigenvalue weighted by Gasteiger charge is -2.06.